The molecule has 0 saturated heterocycles. The second kappa shape index (κ2) is 5.50. The van der Waals surface area contributed by atoms with Crippen LogP contribution in [0.1, 0.15) is 31.4 Å². The Morgan fingerprint density at radius 2 is 2.00 bits per heavy atom. The largest absolute Gasteiger partial charge is 0.207 e. The first-order chi connectivity index (χ1) is 7.00. The average Bonchev–Trinajstić information content (AvgIpc) is 2.15. The van der Waals surface area contributed by atoms with Gasteiger partial charge < -0.3 is 0 Å². The fraction of sp³-hybridized carbons (Fsp3) is 0.538. The molecule has 15 heavy (non-hydrogen) atoms. The van der Waals surface area contributed by atoms with E-state index in [1.807, 2.05) is 13.0 Å². The van der Waals surface area contributed by atoms with E-state index in [1.165, 1.54) is 11.6 Å². The number of alkyl halides is 1. The van der Waals surface area contributed by atoms with Crippen LogP contribution in [0.15, 0.2) is 18.2 Å². The normalized spacial score (nSPS) is 13.2. The van der Waals surface area contributed by atoms with Crippen molar-refractivity contribution in [2.45, 2.75) is 39.0 Å². The Bertz CT molecular complexity index is 320. The molecule has 0 fully saturated rings. The van der Waals surface area contributed by atoms with Crippen LogP contribution in [0.4, 0.5) is 4.39 Å². The Labute approximate surface area is 96.5 Å². The molecule has 0 heterocycles. The maximum atomic E-state index is 12.8. The Balaban J connectivity index is 2.58. The maximum absolute atomic E-state index is 12.8. The Morgan fingerprint density at radius 1 is 1.33 bits per heavy atom. The summed E-state index contributed by atoms with van der Waals surface area (Å²) >= 11 is 6.18. The molecular weight excluding hydrogens is 211 g/mol. The van der Waals surface area contributed by atoms with Crippen LogP contribution >= 0.6 is 11.6 Å². The highest BCUT2D eigenvalue weighted by molar-refractivity contribution is 6.20. The second-order valence-electron chi connectivity index (χ2n) is 4.37. The zero-order valence-electron chi connectivity index (χ0n) is 9.56. The molecular formula is C13H18ClF. The molecule has 84 valence electrons. The second-order valence-corrected chi connectivity index (χ2v) is 4.93. The Morgan fingerprint density at radius 3 is 2.53 bits per heavy atom. The van der Waals surface area contributed by atoms with Crippen molar-refractivity contribution >= 4 is 11.6 Å². The van der Waals surface area contributed by atoms with E-state index in [2.05, 4.69) is 13.8 Å². The van der Waals surface area contributed by atoms with E-state index in [4.69, 9.17) is 11.6 Å². The lowest BCUT2D eigenvalue weighted by Gasteiger charge is -2.13. The minimum atomic E-state index is -0.164. The zero-order chi connectivity index (χ0) is 11.4. The number of aryl methyl sites for hydroxylation is 2. The topological polar surface area (TPSA) is 0 Å². The molecule has 0 amide bonds. The molecule has 1 atom stereocenters. The summed E-state index contributed by atoms with van der Waals surface area (Å²) in [5.41, 5.74) is 2.21. The van der Waals surface area contributed by atoms with E-state index in [9.17, 15) is 4.39 Å². The molecule has 0 radical (unpaired) electrons. The summed E-state index contributed by atoms with van der Waals surface area (Å²) in [4.78, 5) is 0. The highest BCUT2D eigenvalue weighted by Gasteiger charge is 2.10. The van der Waals surface area contributed by atoms with Gasteiger partial charge in [0.15, 0.2) is 0 Å². The van der Waals surface area contributed by atoms with Crippen molar-refractivity contribution in [1.29, 1.82) is 0 Å². The molecule has 1 aromatic carbocycles. The Kier molecular flexibility index (Phi) is 4.59. The van der Waals surface area contributed by atoms with Crippen molar-refractivity contribution in [2.75, 3.05) is 0 Å². The lowest BCUT2D eigenvalue weighted by Crippen LogP contribution is -2.09. The first-order valence-corrected chi connectivity index (χ1v) is 5.83. The molecule has 0 aliphatic carbocycles. The molecule has 0 nitrogen and oxygen atoms in total. The summed E-state index contributed by atoms with van der Waals surface area (Å²) in [6.45, 7) is 6.18. The van der Waals surface area contributed by atoms with Gasteiger partial charge in [0.25, 0.3) is 0 Å². The van der Waals surface area contributed by atoms with Gasteiger partial charge in [-0.15, -0.1) is 11.6 Å². The number of rotatable bonds is 4. The minimum Gasteiger partial charge on any atom is -0.207 e. The number of benzene rings is 1. The van der Waals surface area contributed by atoms with E-state index in [1.54, 1.807) is 6.07 Å². The molecule has 2 heteroatoms. The summed E-state index contributed by atoms with van der Waals surface area (Å²) in [7, 11) is 0. The maximum Gasteiger partial charge on any atom is 0.123 e. The van der Waals surface area contributed by atoms with Crippen LogP contribution in [0.5, 0.6) is 0 Å². The summed E-state index contributed by atoms with van der Waals surface area (Å²) in [6, 6.07) is 4.95. The van der Waals surface area contributed by atoms with E-state index in [-0.39, 0.29) is 11.2 Å². The number of halogens is 2. The quantitative estimate of drug-likeness (QED) is 0.673. The van der Waals surface area contributed by atoms with Crippen LogP contribution in [0, 0.1) is 18.7 Å². The van der Waals surface area contributed by atoms with Gasteiger partial charge in [0.05, 0.1) is 0 Å². The third-order valence-electron chi connectivity index (χ3n) is 2.72. The average molecular weight is 229 g/mol. The van der Waals surface area contributed by atoms with Crippen LogP contribution in [-0.4, -0.2) is 5.38 Å². The third-order valence-corrected chi connectivity index (χ3v) is 3.44. The van der Waals surface area contributed by atoms with Crippen molar-refractivity contribution in [3.8, 4) is 0 Å². The molecule has 0 aliphatic heterocycles. The molecule has 1 unspecified atom stereocenters. The molecule has 0 saturated carbocycles. The summed E-state index contributed by atoms with van der Waals surface area (Å²) in [5.74, 6) is 0.329. The predicted molar refractivity (Wildman–Crippen MR) is 63.9 cm³/mol. The van der Waals surface area contributed by atoms with Gasteiger partial charge >= 0.3 is 0 Å². The molecule has 1 rings (SSSR count). The lowest BCUT2D eigenvalue weighted by molar-refractivity contribution is 0.564. The van der Waals surface area contributed by atoms with Crippen molar-refractivity contribution < 1.29 is 4.39 Å². The van der Waals surface area contributed by atoms with E-state index < -0.39 is 0 Å². The summed E-state index contributed by atoms with van der Waals surface area (Å²) < 4.78 is 12.8. The SMILES string of the molecule is Cc1cc(F)ccc1CCC(Cl)C(C)C. The lowest BCUT2D eigenvalue weighted by atomic mass is 9.99. The Hall–Kier alpha value is -0.560. The first kappa shape index (κ1) is 12.5. The smallest absolute Gasteiger partial charge is 0.123 e. The zero-order valence-corrected chi connectivity index (χ0v) is 10.3. The third kappa shape index (κ3) is 3.83. The van der Waals surface area contributed by atoms with Crippen molar-refractivity contribution in [1.82, 2.24) is 0 Å². The first-order valence-electron chi connectivity index (χ1n) is 5.40. The van der Waals surface area contributed by atoms with Crippen molar-refractivity contribution in [2.24, 2.45) is 5.92 Å². The van der Waals surface area contributed by atoms with E-state index in [0.29, 0.717) is 5.92 Å². The van der Waals surface area contributed by atoms with Gasteiger partial charge in [-0.2, -0.15) is 0 Å². The van der Waals surface area contributed by atoms with Gasteiger partial charge in [0, 0.05) is 5.38 Å². The molecule has 0 N–H and O–H groups in total. The molecule has 1 aromatic rings. The van der Waals surface area contributed by atoms with Crippen molar-refractivity contribution in [3.63, 3.8) is 0 Å². The monoisotopic (exact) mass is 228 g/mol. The summed E-state index contributed by atoms with van der Waals surface area (Å²) in [5, 5.41) is 0.203. The standard InChI is InChI=1S/C13H18ClF/c1-9(2)13(14)7-5-11-4-6-12(15)8-10(11)3/h4,6,8-9,13H,5,7H2,1-3H3. The fourth-order valence-corrected chi connectivity index (χ4v) is 1.68. The van der Waals surface area contributed by atoms with Gasteiger partial charge in [-0.05, 0) is 48.9 Å². The van der Waals surface area contributed by atoms with E-state index >= 15 is 0 Å². The fourth-order valence-electron chi connectivity index (χ4n) is 1.57. The van der Waals surface area contributed by atoms with Gasteiger partial charge in [0.1, 0.15) is 5.82 Å². The van der Waals surface area contributed by atoms with Gasteiger partial charge in [-0.25, -0.2) is 4.39 Å². The molecule has 0 aliphatic rings. The van der Waals surface area contributed by atoms with E-state index in [0.717, 1.165) is 18.4 Å². The molecule has 0 bridgehead atoms. The van der Waals surface area contributed by atoms with Gasteiger partial charge in [0.2, 0.25) is 0 Å². The molecule has 0 spiro atoms. The van der Waals surface area contributed by atoms with Gasteiger partial charge in [-0.1, -0.05) is 19.9 Å². The van der Waals surface area contributed by atoms with Crippen LogP contribution < -0.4 is 0 Å². The van der Waals surface area contributed by atoms with Crippen LogP contribution in [0.2, 0.25) is 0 Å². The van der Waals surface area contributed by atoms with Crippen LogP contribution in [-0.2, 0) is 6.42 Å². The molecule has 0 aromatic heterocycles. The highest BCUT2D eigenvalue weighted by atomic mass is 35.5. The van der Waals surface area contributed by atoms with Gasteiger partial charge in [-0.3, -0.25) is 0 Å². The summed E-state index contributed by atoms with van der Waals surface area (Å²) in [6.07, 6.45) is 1.88. The highest BCUT2D eigenvalue weighted by Crippen LogP contribution is 2.18. The number of hydrogen-bond donors (Lipinski definition) is 0. The minimum absolute atomic E-state index is 0.164. The van der Waals surface area contributed by atoms with Crippen LogP contribution in [0.3, 0.4) is 0 Å². The predicted octanol–water partition coefficient (Wildman–Crippen LogP) is 4.33. The number of hydrogen-bond acceptors (Lipinski definition) is 0. The van der Waals surface area contributed by atoms with Crippen LogP contribution in [0.25, 0.3) is 0 Å². The van der Waals surface area contributed by atoms with Crippen molar-refractivity contribution in [3.05, 3.63) is 35.1 Å².